The van der Waals surface area contributed by atoms with E-state index in [-0.39, 0.29) is 16.8 Å². The number of benzene rings is 1. The van der Waals surface area contributed by atoms with Crippen molar-refractivity contribution in [2.24, 2.45) is 0 Å². The van der Waals surface area contributed by atoms with Gasteiger partial charge in [0.05, 0.1) is 21.5 Å². The first kappa shape index (κ1) is 18.3. The number of likely N-dealkylation sites (N-methyl/N-ethyl adjacent to an activating group) is 1. The van der Waals surface area contributed by atoms with Gasteiger partial charge in [-0.05, 0) is 25.2 Å². The van der Waals surface area contributed by atoms with Crippen LogP contribution in [-0.2, 0) is 10.0 Å². The minimum absolute atomic E-state index is 0.00119. The van der Waals surface area contributed by atoms with Crippen LogP contribution in [0, 0.1) is 0 Å². The molecule has 2 aromatic rings. The van der Waals surface area contributed by atoms with Crippen LogP contribution in [0.2, 0.25) is 5.02 Å². The summed E-state index contributed by atoms with van der Waals surface area (Å²) in [7, 11) is 1.36. The van der Waals surface area contributed by atoms with Crippen molar-refractivity contribution in [3.8, 4) is 11.5 Å². The third kappa shape index (κ3) is 3.56. The quantitative estimate of drug-likeness (QED) is 0.845. The molecule has 0 bridgehead atoms. The lowest BCUT2D eigenvalue weighted by atomic mass is 10.2. The molecule has 1 aromatic carbocycles. The molecule has 0 amide bonds. The van der Waals surface area contributed by atoms with Gasteiger partial charge in [0.2, 0.25) is 10.0 Å². The van der Waals surface area contributed by atoms with Crippen molar-refractivity contribution in [3.05, 3.63) is 29.0 Å². The summed E-state index contributed by atoms with van der Waals surface area (Å²) < 4.78 is 31.1. The van der Waals surface area contributed by atoms with Crippen molar-refractivity contribution in [2.45, 2.75) is 10.9 Å². The molecule has 1 N–H and O–H groups in total. The molecule has 0 saturated carbocycles. The van der Waals surface area contributed by atoms with Crippen LogP contribution in [-0.4, -0.2) is 68.5 Å². The molecule has 1 saturated heterocycles. The molecule has 1 fully saturated rings. The summed E-state index contributed by atoms with van der Waals surface area (Å²) >= 11 is 6.23. The summed E-state index contributed by atoms with van der Waals surface area (Å²) in [5, 5.41) is 7.69. The minimum atomic E-state index is -3.58. The smallest absolute Gasteiger partial charge is 0.259 e. The number of sulfonamides is 1. The summed E-state index contributed by atoms with van der Waals surface area (Å²) in [6.07, 6.45) is 0. The van der Waals surface area contributed by atoms with E-state index in [4.69, 9.17) is 16.1 Å². The first-order valence-corrected chi connectivity index (χ1v) is 9.59. The van der Waals surface area contributed by atoms with Crippen LogP contribution < -0.4 is 5.32 Å². The van der Waals surface area contributed by atoms with Gasteiger partial charge in [0.1, 0.15) is 0 Å². The standard InChI is InChI=1S/C15H20ClN5O3S/c1-20(2)25(22,23)10-4-5-12(16)11(8-10)15-18-14(19-24-15)13-9-17-6-7-21(13)3/h4-5,8,13,17H,6-7,9H2,1-3H3. The molecule has 1 aromatic heterocycles. The maximum atomic E-state index is 12.3. The zero-order chi connectivity index (χ0) is 18.2. The highest BCUT2D eigenvalue weighted by atomic mass is 35.5. The number of nitrogens with zero attached hydrogens (tertiary/aromatic N) is 4. The van der Waals surface area contributed by atoms with E-state index in [0.29, 0.717) is 16.4 Å². The van der Waals surface area contributed by atoms with Crippen LogP contribution >= 0.6 is 11.6 Å². The fraction of sp³-hybridized carbons (Fsp3) is 0.467. The molecule has 2 heterocycles. The van der Waals surface area contributed by atoms with E-state index < -0.39 is 10.0 Å². The number of hydrogen-bond donors (Lipinski definition) is 1. The zero-order valence-corrected chi connectivity index (χ0v) is 15.8. The average Bonchev–Trinajstić information content (AvgIpc) is 3.05. The normalized spacial score (nSPS) is 19.5. The van der Waals surface area contributed by atoms with E-state index in [1.54, 1.807) is 0 Å². The Morgan fingerprint density at radius 2 is 2.16 bits per heavy atom. The summed E-state index contributed by atoms with van der Waals surface area (Å²) in [5.41, 5.74) is 0.398. The lowest BCUT2D eigenvalue weighted by molar-refractivity contribution is 0.190. The van der Waals surface area contributed by atoms with Gasteiger partial charge in [-0.1, -0.05) is 16.8 Å². The van der Waals surface area contributed by atoms with Crippen LogP contribution in [0.1, 0.15) is 11.9 Å². The molecule has 3 rings (SSSR count). The molecule has 136 valence electrons. The van der Waals surface area contributed by atoms with E-state index >= 15 is 0 Å². The highest BCUT2D eigenvalue weighted by molar-refractivity contribution is 7.89. The molecule has 1 aliphatic rings. The highest BCUT2D eigenvalue weighted by Gasteiger charge is 2.27. The van der Waals surface area contributed by atoms with Gasteiger partial charge in [-0.15, -0.1) is 0 Å². The zero-order valence-electron chi connectivity index (χ0n) is 14.2. The first-order chi connectivity index (χ1) is 11.8. The lowest BCUT2D eigenvalue weighted by Crippen LogP contribution is -2.44. The van der Waals surface area contributed by atoms with Crippen molar-refractivity contribution in [1.82, 2.24) is 24.7 Å². The summed E-state index contributed by atoms with van der Waals surface area (Å²) in [5.74, 6) is 0.747. The predicted molar refractivity (Wildman–Crippen MR) is 93.9 cm³/mol. The van der Waals surface area contributed by atoms with Gasteiger partial charge in [-0.3, -0.25) is 4.90 Å². The third-order valence-electron chi connectivity index (χ3n) is 4.20. The SMILES string of the molecule is CN1CCNCC1c1noc(-c2cc(S(=O)(=O)N(C)C)ccc2Cl)n1. The Morgan fingerprint density at radius 1 is 1.40 bits per heavy atom. The van der Waals surface area contributed by atoms with Gasteiger partial charge in [0.25, 0.3) is 5.89 Å². The Bertz CT molecular complexity index is 868. The lowest BCUT2D eigenvalue weighted by Gasteiger charge is -2.30. The van der Waals surface area contributed by atoms with Crippen LogP contribution in [0.25, 0.3) is 11.5 Å². The molecule has 0 radical (unpaired) electrons. The van der Waals surface area contributed by atoms with Crippen molar-refractivity contribution < 1.29 is 12.9 Å². The van der Waals surface area contributed by atoms with Crippen LogP contribution in [0.15, 0.2) is 27.6 Å². The summed E-state index contributed by atoms with van der Waals surface area (Å²) in [4.78, 5) is 6.69. The van der Waals surface area contributed by atoms with E-state index in [1.807, 2.05) is 7.05 Å². The number of rotatable bonds is 4. The molecule has 10 heteroatoms. The van der Waals surface area contributed by atoms with Crippen LogP contribution in [0.3, 0.4) is 0 Å². The fourth-order valence-electron chi connectivity index (χ4n) is 2.61. The van der Waals surface area contributed by atoms with Gasteiger partial charge < -0.3 is 9.84 Å². The van der Waals surface area contributed by atoms with Crippen molar-refractivity contribution in [3.63, 3.8) is 0 Å². The number of piperazine rings is 1. The molecule has 0 aliphatic carbocycles. The van der Waals surface area contributed by atoms with Crippen LogP contribution in [0.5, 0.6) is 0 Å². The Labute approximate surface area is 151 Å². The Balaban J connectivity index is 1.97. The van der Waals surface area contributed by atoms with Crippen molar-refractivity contribution in [1.29, 1.82) is 0 Å². The number of halogens is 1. The van der Waals surface area contributed by atoms with E-state index in [9.17, 15) is 8.42 Å². The predicted octanol–water partition coefficient (Wildman–Crippen LogP) is 1.22. The second kappa shape index (κ2) is 7.00. The molecule has 0 spiro atoms. The molecule has 1 unspecified atom stereocenters. The summed E-state index contributed by atoms with van der Waals surface area (Å²) in [6, 6.07) is 4.43. The topological polar surface area (TPSA) is 91.6 Å². The third-order valence-corrected chi connectivity index (χ3v) is 6.34. The van der Waals surface area contributed by atoms with E-state index in [0.717, 1.165) is 23.9 Å². The Morgan fingerprint density at radius 3 is 2.84 bits per heavy atom. The van der Waals surface area contributed by atoms with Crippen molar-refractivity contribution in [2.75, 3.05) is 40.8 Å². The molecule has 1 atom stereocenters. The minimum Gasteiger partial charge on any atom is -0.334 e. The number of hydrogen-bond acceptors (Lipinski definition) is 7. The number of nitrogens with one attached hydrogen (secondary N) is 1. The molecule has 1 aliphatic heterocycles. The van der Waals surface area contributed by atoms with Gasteiger partial charge in [0.15, 0.2) is 5.82 Å². The van der Waals surface area contributed by atoms with Gasteiger partial charge >= 0.3 is 0 Å². The van der Waals surface area contributed by atoms with Crippen molar-refractivity contribution >= 4 is 21.6 Å². The number of aromatic nitrogens is 2. The molecule has 25 heavy (non-hydrogen) atoms. The average molecular weight is 386 g/mol. The highest BCUT2D eigenvalue weighted by Crippen LogP contribution is 2.31. The van der Waals surface area contributed by atoms with Crippen LogP contribution in [0.4, 0.5) is 0 Å². The first-order valence-electron chi connectivity index (χ1n) is 7.77. The molecule has 8 nitrogen and oxygen atoms in total. The van der Waals surface area contributed by atoms with Gasteiger partial charge in [0, 0.05) is 33.7 Å². The molecular weight excluding hydrogens is 366 g/mol. The van der Waals surface area contributed by atoms with E-state index in [2.05, 4.69) is 20.4 Å². The largest absolute Gasteiger partial charge is 0.334 e. The Kier molecular flexibility index (Phi) is 5.12. The van der Waals surface area contributed by atoms with Gasteiger partial charge in [-0.25, -0.2) is 12.7 Å². The maximum Gasteiger partial charge on any atom is 0.259 e. The maximum absolute atomic E-state index is 12.3. The molecular formula is C15H20ClN5O3S. The fourth-order valence-corrected chi connectivity index (χ4v) is 3.74. The second-order valence-electron chi connectivity index (χ2n) is 6.09. The second-order valence-corrected chi connectivity index (χ2v) is 8.65. The van der Waals surface area contributed by atoms with E-state index in [1.165, 1.54) is 32.3 Å². The van der Waals surface area contributed by atoms with Gasteiger partial charge in [-0.2, -0.15) is 4.98 Å². The Hall–Kier alpha value is -1.52. The summed E-state index contributed by atoms with van der Waals surface area (Å²) in [6.45, 7) is 2.51. The monoisotopic (exact) mass is 385 g/mol.